The molecule has 0 saturated carbocycles. The summed E-state index contributed by atoms with van der Waals surface area (Å²) >= 11 is 0. The van der Waals surface area contributed by atoms with Crippen molar-refractivity contribution in [2.45, 2.75) is 0 Å². The highest BCUT2D eigenvalue weighted by molar-refractivity contribution is 6.08. The maximum atomic E-state index is 13.3. The lowest BCUT2D eigenvalue weighted by atomic mass is 10.1. The highest BCUT2D eigenvalue weighted by Crippen LogP contribution is 2.28. The van der Waals surface area contributed by atoms with Crippen molar-refractivity contribution in [3.05, 3.63) is 88.8 Å². The quantitative estimate of drug-likeness (QED) is 0.560. The molecule has 2 N–H and O–H groups in total. The van der Waals surface area contributed by atoms with Gasteiger partial charge in [0.05, 0.1) is 18.2 Å². The molecule has 7 heteroatoms. The molecule has 0 aliphatic rings. The van der Waals surface area contributed by atoms with E-state index < -0.39 is 17.2 Å². The van der Waals surface area contributed by atoms with Crippen molar-refractivity contribution >= 4 is 22.6 Å². The minimum Gasteiger partial charge on any atom is -0.506 e. The number of benzene rings is 2. The van der Waals surface area contributed by atoms with Gasteiger partial charge in [-0.25, -0.2) is 4.98 Å². The summed E-state index contributed by atoms with van der Waals surface area (Å²) in [6.07, 6.45) is 1.52. The van der Waals surface area contributed by atoms with E-state index in [0.717, 1.165) is 0 Å². The fraction of sp³-hybridized carbons (Fsp3) is 0.0455. The van der Waals surface area contributed by atoms with Gasteiger partial charge in [0, 0.05) is 18.0 Å². The molecule has 4 aromatic rings. The summed E-state index contributed by atoms with van der Waals surface area (Å²) < 4.78 is 6.53. The van der Waals surface area contributed by atoms with Crippen LogP contribution < -0.4 is 15.6 Å². The van der Waals surface area contributed by atoms with Crippen molar-refractivity contribution in [1.82, 2.24) is 9.55 Å². The zero-order chi connectivity index (χ0) is 20.4. The number of ether oxygens (including phenoxy) is 1. The molecule has 2 heterocycles. The number of hydrogen-bond donors (Lipinski definition) is 2. The van der Waals surface area contributed by atoms with Gasteiger partial charge in [-0.2, -0.15) is 0 Å². The normalized spacial score (nSPS) is 10.7. The Balaban J connectivity index is 1.96. The van der Waals surface area contributed by atoms with Crippen LogP contribution in [-0.2, 0) is 0 Å². The molecule has 144 valence electrons. The zero-order valence-corrected chi connectivity index (χ0v) is 15.5. The van der Waals surface area contributed by atoms with Crippen LogP contribution in [0, 0.1) is 0 Å². The number of carbonyl (C=O) groups excluding carboxylic acids is 1. The topological polar surface area (TPSA) is 93.5 Å². The number of carbonyl (C=O) groups is 1. The Morgan fingerprint density at radius 1 is 1.07 bits per heavy atom. The van der Waals surface area contributed by atoms with Crippen molar-refractivity contribution < 1.29 is 14.6 Å². The molecule has 0 spiro atoms. The largest absolute Gasteiger partial charge is 0.506 e. The van der Waals surface area contributed by atoms with E-state index in [1.165, 1.54) is 17.9 Å². The van der Waals surface area contributed by atoms with E-state index in [4.69, 9.17) is 4.74 Å². The standard InChI is InChI=1S/C22H17N3O4/c1-29-16-10-5-9-15(13-16)25-20-17(11-6-12-23-20)19(26)18(22(25)28)21(27)24-14-7-3-2-4-8-14/h2-13,26H,1H3,(H,24,27). The number of aromatic nitrogens is 2. The van der Waals surface area contributed by atoms with E-state index in [1.807, 2.05) is 6.07 Å². The number of aromatic hydroxyl groups is 1. The van der Waals surface area contributed by atoms with Crippen LogP contribution in [0.15, 0.2) is 77.7 Å². The highest BCUT2D eigenvalue weighted by atomic mass is 16.5. The van der Waals surface area contributed by atoms with Gasteiger partial charge in [-0.3, -0.25) is 14.2 Å². The molecule has 0 saturated heterocycles. The molecular formula is C22H17N3O4. The van der Waals surface area contributed by atoms with Gasteiger partial charge in [0.1, 0.15) is 17.1 Å². The Kier molecular flexibility index (Phi) is 4.70. The number of pyridine rings is 2. The van der Waals surface area contributed by atoms with Gasteiger partial charge in [0.2, 0.25) is 0 Å². The first-order valence-electron chi connectivity index (χ1n) is 8.83. The Morgan fingerprint density at radius 3 is 2.62 bits per heavy atom. The third-order valence-electron chi connectivity index (χ3n) is 4.48. The van der Waals surface area contributed by atoms with Gasteiger partial charge in [-0.1, -0.05) is 24.3 Å². The van der Waals surface area contributed by atoms with Crippen molar-refractivity contribution in [2.75, 3.05) is 12.4 Å². The third-order valence-corrected chi connectivity index (χ3v) is 4.48. The number of anilines is 1. The number of para-hydroxylation sites is 1. The Hall–Kier alpha value is -4.13. The number of methoxy groups -OCH3 is 1. The number of rotatable bonds is 4. The van der Waals surface area contributed by atoms with E-state index in [0.29, 0.717) is 17.1 Å². The second-order valence-corrected chi connectivity index (χ2v) is 6.26. The second kappa shape index (κ2) is 7.47. The maximum absolute atomic E-state index is 13.3. The van der Waals surface area contributed by atoms with Crippen LogP contribution in [0.1, 0.15) is 10.4 Å². The predicted molar refractivity (Wildman–Crippen MR) is 110 cm³/mol. The second-order valence-electron chi connectivity index (χ2n) is 6.26. The van der Waals surface area contributed by atoms with Crippen molar-refractivity contribution in [3.63, 3.8) is 0 Å². The molecule has 0 unspecified atom stereocenters. The molecule has 4 rings (SSSR count). The summed E-state index contributed by atoms with van der Waals surface area (Å²) in [6.45, 7) is 0. The molecule has 0 aliphatic carbocycles. The molecule has 2 aromatic heterocycles. The van der Waals surface area contributed by atoms with E-state index in [2.05, 4.69) is 10.3 Å². The Bertz CT molecular complexity index is 1270. The van der Waals surface area contributed by atoms with Gasteiger partial charge >= 0.3 is 0 Å². The van der Waals surface area contributed by atoms with Crippen LogP contribution in [0.25, 0.3) is 16.7 Å². The number of fused-ring (bicyclic) bond motifs is 1. The molecule has 0 radical (unpaired) electrons. The molecule has 0 fully saturated rings. The summed E-state index contributed by atoms with van der Waals surface area (Å²) in [4.78, 5) is 30.4. The molecule has 7 nitrogen and oxygen atoms in total. The first-order chi connectivity index (χ1) is 14.1. The molecule has 1 amide bonds. The van der Waals surface area contributed by atoms with Crippen LogP contribution in [0.2, 0.25) is 0 Å². The van der Waals surface area contributed by atoms with Crippen LogP contribution >= 0.6 is 0 Å². The fourth-order valence-electron chi connectivity index (χ4n) is 3.11. The molecule has 0 atom stereocenters. The van der Waals surface area contributed by atoms with Crippen LogP contribution in [0.3, 0.4) is 0 Å². The minimum atomic E-state index is -0.707. The van der Waals surface area contributed by atoms with Gasteiger partial charge < -0.3 is 15.2 Å². The summed E-state index contributed by atoms with van der Waals surface area (Å²) in [7, 11) is 1.52. The van der Waals surface area contributed by atoms with E-state index in [1.54, 1.807) is 60.7 Å². The van der Waals surface area contributed by atoms with E-state index in [-0.39, 0.29) is 16.6 Å². The maximum Gasteiger partial charge on any atom is 0.273 e. The smallest absolute Gasteiger partial charge is 0.273 e. The summed E-state index contributed by atoms with van der Waals surface area (Å²) in [6, 6.07) is 18.8. The summed E-state index contributed by atoms with van der Waals surface area (Å²) in [5.41, 5.74) is 0.161. The fourth-order valence-corrected chi connectivity index (χ4v) is 3.11. The van der Waals surface area contributed by atoms with Crippen LogP contribution in [0.4, 0.5) is 5.69 Å². The SMILES string of the molecule is COc1cccc(-n2c(=O)c(C(=O)Nc3ccccc3)c(O)c3cccnc32)c1. The van der Waals surface area contributed by atoms with Gasteiger partial charge in [0.25, 0.3) is 11.5 Å². The van der Waals surface area contributed by atoms with Crippen molar-refractivity contribution in [3.8, 4) is 17.2 Å². The predicted octanol–water partition coefficient (Wildman–Crippen LogP) is 3.35. The Labute approximate surface area is 165 Å². The summed E-state index contributed by atoms with van der Waals surface area (Å²) in [5, 5.41) is 13.6. The average Bonchev–Trinajstić information content (AvgIpc) is 2.75. The molecule has 0 bridgehead atoms. The number of nitrogens with one attached hydrogen (secondary N) is 1. The van der Waals surface area contributed by atoms with E-state index >= 15 is 0 Å². The number of amides is 1. The zero-order valence-electron chi connectivity index (χ0n) is 15.5. The lowest BCUT2D eigenvalue weighted by Crippen LogP contribution is -2.29. The monoisotopic (exact) mass is 387 g/mol. The van der Waals surface area contributed by atoms with Crippen molar-refractivity contribution in [1.29, 1.82) is 0 Å². The van der Waals surface area contributed by atoms with Crippen LogP contribution in [0.5, 0.6) is 11.5 Å². The minimum absolute atomic E-state index is 0.236. The third kappa shape index (κ3) is 3.29. The van der Waals surface area contributed by atoms with Crippen LogP contribution in [-0.4, -0.2) is 27.7 Å². The first-order valence-corrected chi connectivity index (χ1v) is 8.83. The highest BCUT2D eigenvalue weighted by Gasteiger charge is 2.23. The molecule has 2 aromatic carbocycles. The van der Waals surface area contributed by atoms with Gasteiger partial charge in [-0.15, -0.1) is 0 Å². The van der Waals surface area contributed by atoms with Gasteiger partial charge in [-0.05, 0) is 36.4 Å². The van der Waals surface area contributed by atoms with Gasteiger partial charge in [0.15, 0.2) is 5.65 Å². The number of nitrogens with zero attached hydrogens (tertiary/aromatic N) is 2. The number of hydrogen-bond acceptors (Lipinski definition) is 5. The first kappa shape index (κ1) is 18.2. The summed E-state index contributed by atoms with van der Waals surface area (Å²) in [5.74, 6) is -0.575. The van der Waals surface area contributed by atoms with E-state index in [9.17, 15) is 14.7 Å². The Morgan fingerprint density at radius 2 is 1.86 bits per heavy atom. The molecule has 29 heavy (non-hydrogen) atoms. The lowest BCUT2D eigenvalue weighted by molar-refractivity contribution is 0.102. The molecule has 0 aliphatic heterocycles. The molecular weight excluding hydrogens is 370 g/mol. The average molecular weight is 387 g/mol. The van der Waals surface area contributed by atoms with Crippen molar-refractivity contribution in [2.24, 2.45) is 0 Å². The lowest BCUT2D eigenvalue weighted by Gasteiger charge is -2.15.